The zero-order chi connectivity index (χ0) is 3.41. The van der Waals surface area contributed by atoms with E-state index in [-0.39, 0.29) is 18.9 Å². The average molecular weight is 67.0 g/mol. The second kappa shape index (κ2) is 8.82. The Morgan fingerprint density at radius 1 is 1.60 bits per heavy atom. The summed E-state index contributed by atoms with van der Waals surface area (Å²) in [4.78, 5) is 0. The van der Waals surface area contributed by atoms with Crippen LogP contribution in [0.4, 0.5) is 0 Å². The molecule has 0 aliphatic heterocycles. The molecule has 2 heteroatoms. The molecule has 0 heterocycles. The van der Waals surface area contributed by atoms with Crippen LogP contribution in [0.3, 0.4) is 0 Å². The predicted octanol–water partition coefficient (Wildman–Crippen LogP) is 0.00790. The van der Waals surface area contributed by atoms with E-state index in [0.717, 1.165) is 6.42 Å². The van der Waals surface area contributed by atoms with Crippen LogP contribution in [0.5, 0.6) is 0 Å². The van der Waals surface area contributed by atoms with Crippen LogP contribution in [0, 0.1) is 0 Å². The van der Waals surface area contributed by atoms with Gasteiger partial charge in [-0.3, -0.25) is 0 Å². The summed E-state index contributed by atoms with van der Waals surface area (Å²) in [6, 6.07) is 0. The Bertz CT molecular complexity index is 8.85. The van der Waals surface area contributed by atoms with E-state index < -0.39 is 0 Å². The summed E-state index contributed by atoms with van der Waals surface area (Å²) in [5.41, 5.74) is 0. The predicted molar refractivity (Wildman–Crippen MR) is 23.1 cm³/mol. The molecule has 0 aliphatic rings. The zero-order valence-electron chi connectivity index (χ0n) is 3.86. The topological polar surface area (TPSA) is 20.2 Å². The van der Waals surface area contributed by atoms with Crippen molar-refractivity contribution < 1.29 is 5.11 Å². The minimum absolute atomic E-state index is 0. The summed E-state index contributed by atoms with van der Waals surface area (Å²) >= 11 is 0. The second-order valence-corrected chi connectivity index (χ2v) is 0.724. The maximum Gasteiger partial charge on any atom is 0.0428 e. The van der Waals surface area contributed by atoms with E-state index in [0.29, 0.717) is 6.61 Å². The molecule has 0 atom stereocenters. The van der Waals surface area contributed by atoms with Crippen molar-refractivity contribution in [3.8, 4) is 0 Å². The van der Waals surface area contributed by atoms with Crippen molar-refractivity contribution >= 4 is 18.9 Å². The minimum Gasteiger partial charge on any atom is -0.396 e. The van der Waals surface area contributed by atoms with Crippen molar-refractivity contribution in [1.29, 1.82) is 0 Å². The van der Waals surface area contributed by atoms with E-state index in [4.69, 9.17) is 5.11 Å². The quantitative estimate of drug-likeness (QED) is 0.428. The first-order chi connectivity index (χ1) is 1.91. The summed E-state index contributed by atoms with van der Waals surface area (Å²) in [6.45, 7) is 2.25. The third-order valence-corrected chi connectivity index (χ3v) is 0.224. The van der Waals surface area contributed by atoms with E-state index in [1.807, 2.05) is 6.92 Å². The molecule has 0 saturated heterocycles. The van der Waals surface area contributed by atoms with Gasteiger partial charge in [0.15, 0.2) is 0 Å². The Hall–Kier alpha value is 0.557. The first kappa shape index (κ1) is 9.12. The summed E-state index contributed by atoms with van der Waals surface area (Å²) in [5.74, 6) is 0. The van der Waals surface area contributed by atoms with Gasteiger partial charge in [-0.2, -0.15) is 0 Å². The van der Waals surface area contributed by atoms with Crippen molar-refractivity contribution in [3.05, 3.63) is 0 Å². The van der Waals surface area contributed by atoms with Gasteiger partial charge in [0.25, 0.3) is 0 Å². The Morgan fingerprint density at radius 2 is 1.80 bits per heavy atom. The summed E-state index contributed by atoms with van der Waals surface area (Å²) in [5, 5.41) is 7.88. The van der Waals surface area contributed by atoms with Gasteiger partial charge >= 0.3 is 0 Å². The molecule has 1 N–H and O–H groups in total. The van der Waals surface area contributed by atoms with Gasteiger partial charge in [0.05, 0.1) is 0 Å². The first-order valence-corrected chi connectivity index (χ1v) is 1.52. The van der Waals surface area contributed by atoms with E-state index >= 15 is 0 Å². The molecule has 0 rings (SSSR count). The van der Waals surface area contributed by atoms with Gasteiger partial charge in [-0.05, 0) is 6.42 Å². The maximum absolute atomic E-state index is 7.88. The molecule has 0 bridgehead atoms. The van der Waals surface area contributed by atoms with Crippen molar-refractivity contribution in [2.45, 2.75) is 13.3 Å². The summed E-state index contributed by atoms with van der Waals surface area (Å²) < 4.78 is 0. The van der Waals surface area contributed by atoms with Crippen molar-refractivity contribution in [2.24, 2.45) is 0 Å². The zero-order valence-corrected chi connectivity index (χ0v) is 3.86. The van der Waals surface area contributed by atoms with Gasteiger partial charge in [0.1, 0.15) is 0 Å². The molecule has 5 heavy (non-hydrogen) atoms. The molecular weight excluding hydrogens is 59.0 g/mol. The Morgan fingerprint density at radius 3 is 1.80 bits per heavy atom. The second-order valence-electron chi connectivity index (χ2n) is 0.724. The minimum atomic E-state index is 0. The standard InChI is InChI=1S/C3H8O.Li/c1-2-3-4;/h4H,2-3H2,1H3;. The molecular formula is C3H8LiO. The van der Waals surface area contributed by atoms with Crippen LogP contribution in [-0.2, 0) is 0 Å². The fourth-order valence-electron chi connectivity index (χ4n) is 0. The molecule has 0 aliphatic carbocycles. The fourth-order valence-corrected chi connectivity index (χ4v) is 0. The van der Waals surface area contributed by atoms with E-state index in [1.165, 1.54) is 0 Å². The molecule has 0 aromatic rings. The van der Waals surface area contributed by atoms with Crippen LogP contribution < -0.4 is 0 Å². The fraction of sp³-hybridized carbons (Fsp3) is 1.00. The van der Waals surface area contributed by atoms with Crippen LogP contribution in [0.2, 0.25) is 0 Å². The van der Waals surface area contributed by atoms with E-state index in [9.17, 15) is 0 Å². The third kappa shape index (κ3) is 12.3. The summed E-state index contributed by atoms with van der Waals surface area (Å²) in [7, 11) is 0. The smallest absolute Gasteiger partial charge is 0.0428 e. The number of aliphatic hydroxyl groups excluding tert-OH is 1. The molecule has 0 fully saturated rings. The Kier molecular flexibility index (Phi) is 16.1. The van der Waals surface area contributed by atoms with Gasteiger partial charge < -0.3 is 5.11 Å². The number of hydrogen-bond donors (Lipinski definition) is 1. The largest absolute Gasteiger partial charge is 0.396 e. The summed E-state index contributed by atoms with van der Waals surface area (Å²) in [6.07, 6.45) is 0.875. The number of aliphatic hydroxyl groups is 1. The van der Waals surface area contributed by atoms with Crippen LogP contribution in [-0.4, -0.2) is 30.6 Å². The Labute approximate surface area is 44.6 Å². The first-order valence-electron chi connectivity index (χ1n) is 1.52. The molecule has 27 valence electrons. The molecule has 0 unspecified atom stereocenters. The SMILES string of the molecule is CCCO.[Li]. The average Bonchev–Trinajstić information content (AvgIpc) is 1.37. The van der Waals surface area contributed by atoms with Crippen LogP contribution in [0.15, 0.2) is 0 Å². The number of rotatable bonds is 1. The van der Waals surface area contributed by atoms with Crippen LogP contribution >= 0.6 is 0 Å². The monoisotopic (exact) mass is 67.1 g/mol. The molecule has 0 saturated carbocycles. The third-order valence-electron chi connectivity index (χ3n) is 0.224. The van der Waals surface area contributed by atoms with Crippen molar-refractivity contribution in [3.63, 3.8) is 0 Å². The van der Waals surface area contributed by atoms with Crippen molar-refractivity contribution in [1.82, 2.24) is 0 Å². The van der Waals surface area contributed by atoms with Crippen LogP contribution in [0.25, 0.3) is 0 Å². The van der Waals surface area contributed by atoms with E-state index in [2.05, 4.69) is 0 Å². The Balaban J connectivity index is 0. The molecule has 1 nitrogen and oxygen atoms in total. The van der Waals surface area contributed by atoms with Gasteiger partial charge in [0.2, 0.25) is 0 Å². The number of hydrogen-bond acceptors (Lipinski definition) is 1. The van der Waals surface area contributed by atoms with Gasteiger partial charge in [-0.1, -0.05) is 6.92 Å². The molecule has 1 radical (unpaired) electrons. The van der Waals surface area contributed by atoms with E-state index in [1.54, 1.807) is 0 Å². The van der Waals surface area contributed by atoms with Crippen molar-refractivity contribution in [2.75, 3.05) is 6.61 Å². The molecule has 0 amide bonds. The molecule has 0 spiro atoms. The van der Waals surface area contributed by atoms with Gasteiger partial charge in [0, 0.05) is 25.5 Å². The maximum atomic E-state index is 7.88. The normalized spacial score (nSPS) is 6.00. The van der Waals surface area contributed by atoms with Gasteiger partial charge in [-0.25, -0.2) is 0 Å². The van der Waals surface area contributed by atoms with Crippen LogP contribution in [0.1, 0.15) is 13.3 Å². The molecule has 0 aromatic carbocycles. The van der Waals surface area contributed by atoms with Gasteiger partial charge in [-0.15, -0.1) is 0 Å². The molecule has 0 aromatic heterocycles.